The number of nitrogens with zero attached hydrogens (tertiary/aromatic N) is 2. The molecule has 1 aliphatic rings. The first kappa shape index (κ1) is 20.3. The van der Waals surface area contributed by atoms with E-state index in [2.05, 4.69) is 20.8 Å². The normalized spacial score (nSPS) is 19.9. The van der Waals surface area contributed by atoms with Crippen LogP contribution in [0.4, 0.5) is 0 Å². The van der Waals surface area contributed by atoms with Crippen LogP contribution in [-0.4, -0.2) is 28.8 Å². The van der Waals surface area contributed by atoms with Crippen LogP contribution < -0.4 is 0 Å². The molecule has 150 valence electrons. The number of ether oxygens (including phenoxy) is 1. The zero-order valence-corrected chi connectivity index (χ0v) is 17.4. The molecule has 5 nitrogen and oxygen atoms in total. The Morgan fingerprint density at radius 1 is 1.18 bits per heavy atom. The van der Waals surface area contributed by atoms with Crippen LogP contribution in [0.25, 0.3) is 11.3 Å². The number of carbonyl (C=O) groups is 2. The third-order valence-corrected chi connectivity index (χ3v) is 5.89. The third kappa shape index (κ3) is 3.75. The fourth-order valence-electron chi connectivity index (χ4n) is 4.23. The molecule has 0 unspecified atom stereocenters. The number of esters is 1. The van der Waals surface area contributed by atoms with Crippen LogP contribution in [0.2, 0.25) is 0 Å². The highest BCUT2D eigenvalue weighted by Gasteiger charge is 2.36. The Morgan fingerprint density at radius 2 is 1.86 bits per heavy atom. The van der Waals surface area contributed by atoms with E-state index in [9.17, 15) is 9.59 Å². The highest BCUT2D eigenvalue weighted by Crippen LogP contribution is 2.46. The van der Waals surface area contributed by atoms with E-state index in [0.717, 1.165) is 29.8 Å². The second kappa shape index (κ2) is 8.29. The molecule has 1 heterocycles. The van der Waals surface area contributed by atoms with Crippen molar-refractivity contribution >= 4 is 11.9 Å². The van der Waals surface area contributed by atoms with Crippen molar-refractivity contribution in [1.29, 1.82) is 0 Å². The maximum absolute atomic E-state index is 13.3. The summed E-state index contributed by atoms with van der Waals surface area (Å²) < 4.78 is 6.31. The zero-order valence-electron chi connectivity index (χ0n) is 17.4. The number of rotatable bonds is 5. The molecule has 3 rings (SSSR count). The van der Waals surface area contributed by atoms with Gasteiger partial charge in [0, 0.05) is 23.0 Å². The topological polar surface area (TPSA) is 61.2 Å². The fourth-order valence-corrected chi connectivity index (χ4v) is 4.23. The van der Waals surface area contributed by atoms with Crippen LogP contribution >= 0.6 is 0 Å². The molecule has 0 amide bonds. The number of methoxy groups -OCH3 is 1. The van der Waals surface area contributed by atoms with E-state index in [1.165, 1.54) is 12.7 Å². The van der Waals surface area contributed by atoms with Crippen LogP contribution in [0.1, 0.15) is 74.8 Å². The van der Waals surface area contributed by atoms with Crippen molar-refractivity contribution in [3.05, 3.63) is 41.6 Å². The first-order valence-corrected chi connectivity index (χ1v) is 10.1. The molecule has 1 aromatic carbocycles. The summed E-state index contributed by atoms with van der Waals surface area (Å²) in [6.45, 7) is 8.41. The minimum absolute atomic E-state index is 0.0528. The number of hydrogen-bond donors (Lipinski definition) is 0. The maximum Gasteiger partial charge on any atom is 0.306 e. The minimum atomic E-state index is -0.496. The van der Waals surface area contributed by atoms with Crippen LogP contribution in [0.3, 0.4) is 0 Å². The van der Waals surface area contributed by atoms with Crippen molar-refractivity contribution in [1.82, 2.24) is 9.78 Å². The van der Waals surface area contributed by atoms with Gasteiger partial charge in [-0.2, -0.15) is 9.78 Å². The average molecular weight is 383 g/mol. The van der Waals surface area contributed by atoms with E-state index in [0.29, 0.717) is 17.8 Å². The fraction of sp³-hybridized carbons (Fsp3) is 0.522. The lowest BCUT2D eigenvalue weighted by atomic mass is 9.75. The van der Waals surface area contributed by atoms with Crippen molar-refractivity contribution < 1.29 is 14.3 Å². The van der Waals surface area contributed by atoms with E-state index in [1.54, 1.807) is 11.6 Å². The SMILES string of the molecule is COC(=O)C[C@H](C)C(=O)n1nc2c(c1-c1ccccc1)[C@H](C)CC[C@H]2C(C)C. The largest absolute Gasteiger partial charge is 0.469 e. The summed E-state index contributed by atoms with van der Waals surface area (Å²) in [6, 6.07) is 9.98. The summed E-state index contributed by atoms with van der Waals surface area (Å²) in [4.78, 5) is 25.0. The lowest BCUT2D eigenvalue weighted by Gasteiger charge is -2.28. The van der Waals surface area contributed by atoms with Gasteiger partial charge in [-0.15, -0.1) is 0 Å². The summed E-state index contributed by atoms with van der Waals surface area (Å²) in [5.41, 5.74) is 4.11. The van der Waals surface area contributed by atoms with Crippen molar-refractivity contribution in [2.24, 2.45) is 11.8 Å². The maximum atomic E-state index is 13.3. The molecule has 1 aliphatic carbocycles. The third-order valence-electron chi connectivity index (χ3n) is 5.89. The van der Waals surface area contributed by atoms with Gasteiger partial charge in [0.2, 0.25) is 0 Å². The number of carbonyl (C=O) groups excluding carboxylic acids is 2. The van der Waals surface area contributed by atoms with Gasteiger partial charge in [-0.25, -0.2) is 0 Å². The predicted octanol–water partition coefficient (Wildman–Crippen LogP) is 5.03. The summed E-state index contributed by atoms with van der Waals surface area (Å²) in [5.74, 6) is 0.113. The highest BCUT2D eigenvalue weighted by molar-refractivity contribution is 5.89. The van der Waals surface area contributed by atoms with Gasteiger partial charge in [-0.3, -0.25) is 9.59 Å². The number of aromatic nitrogens is 2. The molecule has 0 saturated carbocycles. The quantitative estimate of drug-likeness (QED) is 0.681. The molecule has 0 fully saturated rings. The molecule has 5 heteroatoms. The van der Waals surface area contributed by atoms with Crippen LogP contribution in [0.5, 0.6) is 0 Å². The average Bonchev–Trinajstić information content (AvgIpc) is 3.09. The molecule has 2 aromatic rings. The summed E-state index contributed by atoms with van der Waals surface area (Å²) in [5, 5.41) is 4.85. The molecular formula is C23H30N2O3. The Labute approximate surface area is 167 Å². The first-order valence-electron chi connectivity index (χ1n) is 10.1. The highest BCUT2D eigenvalue weighted by atomic mass is 16.5. The Morgan fingerprint density at radius 3 is 2.46 bits per heavy atom. The van der Waals surface area contributed by atoms with Crippen LogP contribution in [0, 0.1) is 11.8 Å². The molecule has 3 atom stereocenters. The molecular weight excluding hydrogens is 352 g/mol. The van der Waals surface area contributed by atoms with Crippen molar-refractivity contribution in [3.63, 3.8) is 0 Å². The number of hydrogen-bond acceptors (Lipinski definition) is 4. The Bertz CT molecular complexity index is 854. The molecule has 0 aliphatic heterocycles. The lowest BCUT2D eigenvalue weighted by Crippen LogP contribution is -2.24. The summed E-state index contributed by atoms with van der Waals surface area (Å²) in [6.07, 6.45) is 2.23. The van der Waals surface area contributed by atoms with Gasteiger partial charge in [0.25, 0.3) is 5.91 Å². The summed E-state index contributed by atoms with van der Waals surface area (Å²) in [7, 11) is 1.34. The standard InChI is InChI=1S/C23H30N2O3/c1-14(2)18-12-11-15(3)20-21(18)24-25(22(20)17-9-7-6-8-10-17)23(27)16(4)13-19(26)28-5/h6-10,14-16,18H,11-13H2,1-5H3/t15-,16+,18+/m1/s1. The van der Waals surface area contributed by atoms with E-state index in [4.69, 9.17) is 9.84 Å². The second-order valence-electron chi connectivity index (χ2n) is 8.27. The molecule has 0 radical (unpaired) electrons. The van der Waals surface area contributed by atoms with E-state index in [-0.39, 0.29) is 18.3 Å². The molecule has 0 N–H and O–H groups in total. The van der Waals surface area contributed by atoms with Gasteiger partial charge >= 0.3 is 5.97 Å². The van der Waals surface area contributed by atoms with Gasteiger partial charge in [-0.05, 0) is 24.7 Å². The van der Waals surface area contributed by atoms with E-state index >= 15 is 0 Å². The number of fused-ring (bicyclic) bond motifs is 1. The van der Waals surface area contributed by atoms with Gasteiger partial charge < -0.3 is 4.74 Å². The predicted molar refractivity (Wildman–Crippen MR) is 109 cm³/mol. The van der Waals surface area contributed by atoms with Gasteiger partial charge in [-0.1, -0.05) is 58.0 Å². The van der Waals surface area contributed by atoms with Gasteiger partial charge in [0.05, 0.1) is 24.9 Å². The van der Waals surface area contributed by atoms with E-state index < -0.39 is 5.92 Å². The van der Waals surface area contributed by atoms with E-state index in [1.807, 2.05) is 30.3 Å². The molecule has 0 bridgehead atoms. The Balaban J connectivity index is 2.15. The van der Waals surface area contributed by atoms with Gasteiger partial charge in [0.1, 0.15) is 0 Å². The van der Waals surface area contributed by atoms with Crippen molar-refractivity contribution in [2.75, 3.05) is 7.11 Å². The molecule has 0 spiro atoms. The molecule has 28 heavy (non-hydrogen) atoms. The van der Waals surface area contributed by atoms with Crippen molar-refractivity contribution in [3.8, 4) is 11.3 Å². The molecule has 1 aromatic heterocycles. The van der Waals surface area contributed by atoms with Crippen LogP contribution in [-0.2, 0) is 9.53 Å². The van der Waals surface area contributed by atoms with Gasteiger partial charge in [0.15, 0.2) is 0 Å². The molecule has 0 saturated heterocycles. The lowest BCUT2D eigenvalue weighted by molar-refractivity contribution is -0.141. The Kier molecular flexibility index (Phi) is 6.01. The minimum Gasteiger partial charge on any atom is -0.469 e. The first-order chi connectivity index (χ1) is 13.3. The summed E-state index contributed by atoms with van der Waals surface area (Å²) >= 11 is 0. The van der Waals surface area contributed by atoms with Crippen LogP contribution in [0.15, 0.2) is 30.3 Å². The van der Waals surface area contributed by atoms with Crippen molar-refractivity contribution in [2.45, 2.75) is 58.8 Å². The second-order valence-corrected chi connectivity index (χ2v) is 8.27. The smallest absolute Gasteiger partial charge is 0.306 e. The zero-order chi connectivity index (χ0) is 20.4. The Hall–Kier alpha value is -2.43. The monoisotopic (exact) mass is 382 g/mol. The number of benzene rings is 1.